The molecule has 34 heavy (non-hydrogen) atoms. The van der Waals surface area contributed by atoms with E-state index in [0.717, 1.165) is 5.56 Å². The molecule has 0 saturated heterocycles. The van der Waals surface area contributed by atoms with E-state index in [0.29, 0.717) is 16.5 Å². The van der Waals surface area contributed by atoms with Gasteiger partial charge in [0.1, 0.15) is 18.5 Å². The van der Waals surface area contributed by atoms with Crippen LogP contribution in [0.2, 0.25) is 5.02 Å². The molecule has 4 aromatic rings. The number of nitrogens with zero attached hydrogens (tertiary/aromatic N) is 4. The first-order valence-corrected chi connectivity index (χ1v) is 10.8. The van der Waals surface area contributed by atoms with Gasteiger partial charge >= 0.3 is 5.69 Å². The Labute approximate surface area is 199 Å². The summed E-state index contributed by atoms with van der Waals surface area (Å²) in [4.78, 5) is 31.3. The molecule has 2 aromatic carbocycles. The maximum absolute atomic E-state index is 12.6. The molecule has 1 unspecified atom stereocenters. The normalized spacial score (nSPS) is 12.6. The van der Waals surface area contributed by atoms with Crippen LogP contribution in [0.5, 0.6) is 5.75 Å². The standard InChI is InChI=1S/C23H23ClN6O4/c1-14(15-8-10-16(24)11-9-15)27-28-22-25-20-19(21(32)26-23(33)29(20)2)30(22)12-17(31)13-34-18-6-4-3-5-7-18/h3-11,17,31H,12-13H2,1-2H3,(H,25,28)(H,26,32,33)/b27-14+. The van der Waals surface area contributed by atoms with Crippen LogP contribution in [0.15, 0.2) is 69.3 Å². The Morgan fingerprint density at radius 2 is 1.91 bits per heavy atom. The maximum atomic E-state index is 12.6. The van der Waals surface area contributed by atoms with Gasteiger partial charge in [-0.3, -0.25) is 14.3 Å². The molecule has 176 valence electrons. The highest BCUT2D eigenvalue weighted by atomic mass is 35.5. The highest BCUT2D eigenvalue weighted by molar-refractivity contribution is 6.30. The summed E-state index contributed by atoms with van der Waals surface area (Å²) in [5.74, 6) is 0.799. The molecule has 4 rings (SSSR count). The number of aromatic nitrogens is 4. The van der Waals surface area contributed by atoms with Gasteiger partial charge in [-0.1, -0.05) is 41.9 Å². The fourth-order valence-corrected chi connectivity index (χ4v) is 3.49. The molecular formula is C23H23ClN6O4. The molecule has 0 bridgehead atoms. The van der Waals surface area contributed by atoms with Gasteiger partial charge in [-0.2, -0.15) is 10.1 Å². The van der Waals surface area contributed by atoms with Crippen LogP contribution in [0.4, 0.5) is 5.95 Å². The van der Waals surface area contributed by atoms with Crippen LogP contribution in [0, 0.1) is 0 Å². The average Bonchev–Trinajstić information content (AvgIpc) is 3.19. The third-order valence-corrected chi connectivity index (χ3v) is 5.42. The fourth-order valence-electron chi connectivity index (χ4n) is 3.36. The number of aryl methyl sites for hydroxylation is 1. The van der Waals surface area contributed by atoms with Gasteiger partial charge in [-0.05, 0) is 36.8 Å². The van der Waals surface area contributed by atoms with Crippen LogP contribution in [-0.4, -0.2) is 42.6 Å². The molecule has 0 spiro atoms. The Morgan fingerprint density at radius 1 is 1.21 bits per heavy atom. The van der Waals surface area contributed by atoms with E-state index in [4.69, 9.17) is 16.3 Å². The molecule has 2 aromatic heterocycles. The zero-order valence-corrected chi connectivity index (χ0v) is 19.3. The highest BCUT2D eigenvalue weighted by Gasteiger charge is 2.20. The summed E-state index contributed by atoms with van der Waals surface area (Å²) >= 11 is 5.95. The molecule has 1 atom stereocenters. The van der Waals surface area contributed by atoms with E-state index in [2.05, 4.69) is 20.5 Å². The summed E-state index contributed by atoms with van der Waals surface area (Å²) in [7, 11) is 1.50. The van der Waals surface area contributed by atoms with Gasteiger partial charge in [0.25, 0.3) is 5.56 Å². The summed E-state index contributed by atoms with van der Waals surface area (Å²) in [5, 5.41) is 15.6. The van der Waals surface area contributed by atoms with Crippen molar-refractivity contribution in [1.82, 2.24) is 19.1 Å². The quantitative estimate of drug-likeness (QED) is 0.261. The number of benzene rings is 2. The SMILES string of the molecule is C/C(=N\Nc1nc2c(c(=O)[nH]c(=O)n2C)n1CC(O)COc1ccccc1)c1ccc(Cl)cc1. The number of anilines is 1. The Balaban J connectivity index is 1.65. The number of hydrogen-bond donors (Lipinski definition) is 3. The molecule has 0 aliphatic heterocycles. The number of hydrogen-bond acceptors (Lipinski definition) is 7. The van der Waals surface area contributed by atoms with Crippen molar-refractivity contribution in [2.45, 2.75) is 19.6 Å². The van der Waals surface area contributed by atoms with Crippen LogP contribution >= 0.6 is 11.6 Å². The molecule has 11 heteroatoms. The topological polar surface area (TPSA) is 127 Å². The molecule has 2 heterocycles. The largest absolute Gasteiger partial charge is 0.491 e. The Hall–Kier alpha value is -3.89. The second-order valence-corrected chi connectivity index (χ2v) is 8.07. The molecule has 0 fully saturated rings. The number of ether oxygens (including phenoxy) is 1. The first kappa shape index (κ1) is 23.3. The van der Waals surface area contributed by atoms with Gasteiger partial charge in [0.15, 0.2) is 11.2 Å². The summed E-state index contributed by atoms with van der Waals surface area (Å²) in [6, 6.07) is 16.2. The zero-order chi connectivity index (χ0) is 24.2. The van der Waals surface area contributed by atoms with Crippen molar-refractivity contribution in [3.63, 3.8) is 0 Å². The maximum Gasteiger partial charge on any atom is 0.329 e. The number of aliphatic hydroxyl groups excluding tert-OH is 1. The lowest BCUT2D eigenvalue weighted by Gasteiger charge is -2.15. The van der Waals surface area contributed by atoms with Crippen molar-refractivity contribution in [2.24, 2.45) is 12.1 Å². The van der Waals surface area contributed by atoms with Gasteiger partial charge in [0.2, 0.25) is 5.95 Å². The van der Waals surface area contributed by atoms with Crippen molar-refractivity contribution >= 4 is 34.4 Å². The highest BCUT2D eigenvalue weighted by Crippen LogP contribution is 2.18. The Morgan fingerprint density at radius 3 is 2.62 bits per heavy atom. The predicted octanol–water partition coefficient (Wildman–Crippen LogP) is 2.35. The fraction of sp³-hybridized carbons (Fsp3) is 0.217. The van der Waals surface area contributed by atoms with Crippen molar-refractivity contribution in [1.29, 1.82) is 0 Å². The molecule has 10 nitrogen and oxygen atoms in total. The number of aromatic amines is 1. The second-order valence-electron chi connectivity index (χ2n) is 7.63. The molecule has 0 saturated carbocycles. The second kappa shape index (κ2) is 9.94. The summed E-state index contributed by atoms with van der Waals surface area (Å²) in [6.07, 6.45) is -0.976. The summed E-state index contributed by atoms with van der Waals surface area (Å²) in [6.45, 7) is 1.76. The lowest BCUT2D eigenvalue weighted by molar-refractivity contribution is 0.0938. The monoisotopic (exact) mass is 482 g/mol. The van der Waals surface area contributed by atoms with Crippen molar-refractivity contribution in [2.75, 3.05) is 12.0 Å². The average molecular weight is 483 g/mol. The van der Waals surface area contributed by atoms with Crippen molar-refractivity contribution < 1.29 is 9.84 Å². The minimum absolute atomic E-state index is 0.0140. The van der Waals surface area contributed by atoms with Gasteiger partial charge in [0.05, 0.1) is 12.3 Å². The Bertz CT molecular complexity index is 1440. The van der Waals surface area contributed by atoms with E-state index in [1.165, 1.54) is 16.2 Å². The number of imidazole rings is 1. The van der Waals surface area contributed by atoms with E-state index in [1.807, 2.05) is 30.3 Å². The number of aliphatic hydroxyl groups is 1. The number of rotatable bonds is 8. The van der Waals surface area contributed by atoms with E-state index >= 15 is 0 Å². The minimum atomic E-state index is -0.976. The van der Waals surface area contributed by atoms with Crippen LogP contribution < -0.4 is 21.4 Å². The predicted molar refractivity (Wildman–Crippen MR) is 131 cm³/mol. The molecule has 0 aliphatic carbocycles. The lowest BCUT2D eigenvalue weighted by atomic mass is 10.1. The van der Waals surface area contributed by atoms with Gasteiger partial charge < -0.3 is 14.4 Å². The van der Waals surface area contributed by atoms with Gasteiger partial charge in [-0.15, -0.1) is 0 Å². The number of para-hydroxylation sites is 1. The molecule has 0 aliphatic rings. The number of fused-ring (bicyclic) bond motifs is 1. The van der Waals surface area contributed by atoms with Crippen LogP contribution in [-0.2, 0) is 13.6 Å². The summed E-state index contributed by atoms with van der Waals surface area (Å²) < 4.78 is 8.32. The lowest BCUT2D eigenvalue weighted by Crippen LogP contribution is -2.30. The van der Waals surface area contributed by atoms with Crippen LogP contribution in [0.25, 0.3) is 11.2 Å². The number of nitrogens with one attached hydrogen (secondary N) is 2. The summed E-state index contributed by atoms with van der Waals surface area (Å²) in [5.41, 5.74) is 3.41. The van der Waals surface area contributed by atoms with Gasteiger partial charge in [0, 0.05) is 12.1 Å². The van der Waals surface area contributed by atoms with E-state index in [1.54, 1.807) is 31.2 Å². The van der Waals surface area contributed by atoms with Crippen LogP contribution in [0.1, 0.15) is 12.5 Å². The van der Waals surface area contributed by atoms with Crippen molar-refractivity contribution in [3.05, 3.63) is 86.0 Å². The Kier molecular flexibility index (Phi) is 6.80. The third-order valence-electron chi connectivity index (χ3n) is 5.17. The molecule has 0 radical (unpaired) electrons. The van der Waals surface area contributed by atoms with Gasteiger partial charge in [-0.25, -0.2) is 10.2 Å². The number of H-pyrrole nitrogens is 1. The zero-order valence-electron chi connectivity index (χ0n) is 18.5. The minimum Gasteiger partial charge on any atom is -0.491 e. The van der Waals surface area contributed by atoms with E-state index < -0.39 is 17.4 Å². The number of halogens is 1. The first-order chi connectivity index (χ1) is 16.3. The number of hydrazone groups is 1. The van der Waals surface area contributed by atoms with Crippen LogP contribution in [0.3, 0.4) is 0 Å². The molecule has 3 N–H and O–H groups in total. The van der Waals surface area contributed by atoms with Crippen molar-refractivity contribution in [3.8, 4) is 5.75 Å². The first-order valence-electron chi connectivity index (χ1n) is 10.4. The third kappa shape index (κ3) is 5.03. The van der Waals surface area contributed by atoms with E-state index in [9.17, 15) is 14.7 Å². The molecular weight excluding hydrogens is 460 g/mol. The van der Waals surface area contributed by atoms with E-state index in [-0.39, 0.29) is 30.3 Å². The smallest absolute Gasteiger partial charge is 0.329 e. The molecule has 0 amide bonds.